The molecule has 0 aliphatic rings. The molecule has 5 nitrogen and oxygen atoms in total. The van der Waals surface area contributed by atoms with Crippen LogP contribution in [0.1, 0.15) is 34.1 Å². The highest BCUT2D eigenvalue weighted by atomic mass is 16.4. The molecule has 0 aliphatic carbocycles. The Balaban J connectivity index is 4.22. The molecule has 0 aromatic rings. The smallest absolute Gasteiger partial charge is 0.308 e. The summed E-state index contributed by atoms with van der Waals surface area (Å²) in [5.41, 5.74) is 5.41. The highest BCUT2D eigenvalue weighted by Gasteiger charge is 2.28. The van der Waals surface area contributed by atoms with E-state index >= 15 is 0 Å². The Kier molecular flexibility index (Phi) is 5.44. The van der Waals surface area contributed by atoms with Crippen LogP contribution in [0.4, 0.5) is 0 Å². The summed E-state index contributed by atoms with van der Waals surface area (Å²) in [7, 11) is 0. The Morgan fingerprint density at radius 1 is 1.38 bits per heavy atom. The molecule has 0 saturated heterocycles. The zero-order chi connectivity index (χ0) is 12.9. The van der Waals surface area contributed by atoms with Gasteiger partial charge in [0.05, 0.1) is 12.0 Å². The van der Waals surface area contributed by atoms with Crippen LogP contribution in [0.5, 0.6) is 0 Å². The minimum Gasteiger partial charge on any atom is -0.481 e. The summed E-state index contributed by atoms with van der Waals surface area (Å²) in [4.78, 5) is 22.3. The summed E-state index contributed by atoms with van der Waals surface area (Å²) in [6.45, 7) is 7.51. The molecule has 0 aliphatic heterocycles. The van der Waals surface area contributed by atoms with Gasteiger partial charge in [-0.1, -0.05) is 27.7 Å². The van der Waals surface area contributed by atoms with Gasteiger partial charge in [0, 0.05) is 6.54 Å². The Hall–Kier alpha value is -1.10. The van der Waals surface area contributed by atoms with Crippen molar-refractivity contribution in [3.8, 4) is 0 Å². The number of hydrogen-bond acceptors (Lipinski definition) is 3. The second-order valence-electron chi connectivity index (χ2n) is 5.03. The molecule has 0 aromatic heterocycles. The van der Waals surface area contributed by atoms with Crippen LogP contribution in [-0.4, -0.2) is 29.6 Å². The molecule has 2 atom stereocenters. The average molecular weight is 230 g/mol. The van der Waals surface area contributed by atoms with Gasteiger partial charge >= 0.3 is 5.97 Å². The highest BCUT2D eigenvalue weighted by molar-refractivity contribution is 5.82. The van der Waals surface area contributed by atoms with Crippen molar-refractivity contribution in [1.82, 2.24) is 5.32 Å². The van der Waals surface area contributed by atoms with Gasteiger partial charge in [0.15, 0.2) is 0 Å². The van der Waals surface area contributed by atoms with Crippen molar-refractivity contribution in [2.45, 2.75) is 40.2 Å². The molecule has 0 saturated carbocycles. The fraction of sp³-hybridized carbons (Fsp3) is 0.818. The maximum Gasteiger partial charge on any atom is 0.308 e. The maximum atomic E-state index is 11.6. The minimum absolute atomic E-state index is 0.133. The normalized spacial score (nSPS) is 15.3. The average Bonchev–Trinajstić information content (AvgIpc) is 2.15. The Bertz CT molecular complexity index is 258. The molecule has 0 heterocycles. The number of nitrogens with two attached hydrogens (primary N) is 1. The Labute approximate surface area is 96.4 Å². The van der Waals surface area contributed by atoms with Crippen molar-refractivity contribution in [3.05, 3.63) is 0 Å². The van der Waals surface area contributed by atoms with E-state index in [0.717, 1.165) is 0 Å². The fourth-order valence-electron chi connectivity index (χ4n) is 1.13. The van der Waals surface area contributed by atoms with Crippen molar-refractivity contribution >= 4 is 11.9 Å². The van der Waals surface area contributed by atoms with Crippen LogP contribution >= 0.6 is 0 Å². The second-order valence-corrected chi connectivity index (χ2v) is 5.03. The Morgan fingerprint density at radius 2 is 1.88 bits per heavy atom. The number of amides is 1. The summed E-state index contributed by atoms with van der Waals surface area (Å²) in [6, 6.07) is -0.626. The van der Waals surface area contributed by atoms with Crippen LogP contribution in [0.25, 0.3) is 0 Å². The van der Waals surface area contributed by atoms with Gasteiger partial charge in [-0.3, -0.25) is 9.59 Å². The molecule has 94 valence electrons. The lowest BCUT2D eigenvalue weighted by Gasteiger charge is -2.26. The van der Waals surface area contributed by atoms with Crippen LogP contribution in [0.3, 0.4) is 0 Å². The number of hydrogen-bond donors (Lipinski definition) is 3. The van der Waals surface area contributed by atoms with Crippen molar-refractivity contribution in [3.63, 3.8) is 0 Å². The third-order valence-corrected chi connectivity index (χ3v) is 2.58. The number of carboxylic acid groups (broad SMARTS) is 1. The van der Waals surface area contributed by atoms with Crippen LogP contribution in [0, 0.1) is 11.3 Å². The third-order valence-electron chi connectivity index (χ3n) is 2.58. The van der Waals surface area contributed by atoms with Gasteiger partial charge in [-0.05, 0) is 11.8 Å². The van der Waals surface area contributed by atoms with E-state index < -0.39 is 17.9 Å². The summed E-state index contributed by atoms with van der Waals surface area (Å²) >= 11 is 0. The first-order chi connectivity index (χ1) is 7.20. The van der Waals surface area contributed by atoms with Gasteiger partial charge in [0.25, 0.3) is 0 Å². The highest BCUT2D eigenvalue weighted by Crippen LogP contribution is 2.17. The lowest BCUT2D eigenvalue weighted by atomic mass is 9.87. The number of carbonyl (C=O) groups excluding carboxylic acids is 1. The summed E-state index contributed by atoms with van der Waals surface area (Å²) in [6.07, 6.45) is 0.486. The molecule has 5 heteroatoms. The molecule has 0 aromatic carbocycles. The monoisotopic (exact) mass is 230 g/mol. The van der Waals surface area contributed by atoms with Gasteiger partial charge in [0.1, 0.15) is 0 Å². The first-order valence-electron chi connectivity index (χ1n) is 5.46. The predicted octanol–water partition coefficient (Wildman–Crippen LogP) is 0.587. The van der Waals surface area contributed by atoms with E-state index in [4.69, 9.17) is 10.8 Å². The maximum absolute atomic E-state index is 11.6. The van der Waals surface area contributed by atoms with E-state index in [1.54, 1.807) is 6.92 Å². The molecule has 0 bridgehead atoms. The first kappa shape index (κ1) is 14.9. The van der Waals surface area contributed by atoms with Crippen LogP contribution < -0.4 is 11.1 Å². The van der Waals surface area contributed by atoms with Crippen LogP contribution in [0.2, 0.25) is 0 Å². The summed E-state index contributed by atoms with van der Waals surface area (Å²) in [5, 5.41) is 11.4. The largest absolute Gasteiger partial charge is 0.481 e. The molecule has 0 rings (SSSR count). The predicted molar refractivity (Wildman–Crippen MR) is 61.9 cm³/mol. The third kappa shape index (κ3) is 4.61. The molecule has 0 spiro atoms. The van der Waals surface area contributed by atoms with Crippen molar-refractivity contribution in [2.24, 2.45) is 17.1 Å². The van der Waals surface area contributed by atoms with Crippen molar-refractivity contribution in [2.75, 3.05) is 6.54 Å². The topological polar surface area (TPSA) is 92.4 Å². The molecule has 0 fully saturated rings. The Morgan fingerprint density at radius 3 is 2.19 bits per heavy atom. The van der Waals surface area contributed by atoms with Gasteiger partial charge in [-0.15, -0.1) is 0 Å². The van der Waals surface area contributed by atoms with Gasteiger partial charge in [-0.25, -0.2) is 0 Å². The fourth-order valence-corrected chi connectivity index (χ4v) is 1.13. The number of rotatable bonds is 5. The molecular weight excluding hydrogens is 208 g/mol. The molecule has 0 radical (unpaired) electrons. The number of aliphatic carboxylic acids is 1. The van der Waals surface area contributed by atoms with E-state index in [1.807, 2.05) is 20.8 Å². The minimum atomic E-state index is -0.896. The molecule has 1 amide bonds. The number of carbonyl (C=O) groups is 2. The zero-order valence-corrected chi connectivity index (χ0v) is 10.4. The number of nitrogens with one attached hydrogen (secondary N) is 1. The van der Waals surface area contributed by atoms with Gasteiger partial charge < -0.3 is 16.2 Å². The van der Waals surface area contributed by atoms with Crippen LogP contribution in [-0.2, 0) is 9.59 Å². The van der Waals surface area contributed by atoms with E-state index in [0.29, 0.717) is 6.42 Å². The molecule has 4 N–H and O–H groups in total. The van der Waals surface area contributed by atoms with E-state index in [2.05, 4.69) is 5.32 Å². The second kappa shape index (κ2) is 5.84. The van der Waals surface area contributed by atoms with E-state index in [9.17, 15) is 9.59 Å². The van der Waals surface area contributed by atoms with E-state index in [-0.39, 0.29) is 17.9 Å². The van der Waals surface area contributed by atoms with Gasteiger partial charge in [0.2, 0.25) is 5.91 Å². The summed E-state index contributed by atoms with van der Waals surface area (Å²) < 4.78 is 0. The molecule has 16 heavy (non-hydrogen) atoms. The van der Waals surface area contributed by atoms with Crippen molar-refractivity contribution in [1.29, 1.82) is 0 Å². The lowest BCUT2D eigenvalue weighted by molar-refractivity contribution is -0.141. The SMILES string of the molecule is CCC(CNC(=O)[C@H](N)C(C)(C)C)C(=O)O. The van der Waals surface area contributed by atoms with E-state index in [1.165, 1.54) is 0 Å². The zero-order valence-electron chi connectivity index (χ0n) is 10.4. The quantitative estimate of drug-likeness (QED) is 0.644. The number of carboxylic acids is 1. The molecule has 1 unspecified atom stereocenters. The molecular formula is C11H22N2O3. The first-order valence-corrected chi connectivity index (χ1v) is 5.46. The van der Waals surface area contributed by atoms with Crippen molar-refractivity contribution < 1.29 is 14.7 Å². The van der Waals surface area contributed by atoms with Gasteiger partial charge in [-0.2, -0.15) is 0 Å². The summed E-state index contributed by atoms with van der Waals surface area (Å²) in [5.74, 6) is -1.74. The van der Waals surface area contributed by atoms with Crippen LogP contribution in [0.15, 0.2) is 0 Å². The lowest BCUT2D eigenvalue weighted by Crippen LogP contribution is -2.49. The standard InChI is InChI=1S/C11H22N2O3/c1-5-7(10(15)16)6-13-9(14)8(12)11(2,3)4/h7-8H,5-6,12H2,1-4H3,(H,13,14)(H,15,16)/t7?,8-/m0/s1.